The first-order valence-electron chi connectivity index (χ1n) is 7.80. The molecule has 0 unspecified atom stereocenters. The van der Waals surface area contributed by atoms with Crippen LogP contribution in [0.15, 0.2) is 18.2 Å². The molecule has 1 saturated heterocycles. The van der Waals surface area contributed by atoms with Crippen LogP contribution in [0.1, 0.15) is 35.2 Å². The molecule has 0 atom stereocenters. The van der Waals surface area contributed by atoms with Gasteiger partial charge in [-0.05, 0) is 44.0 Å². The maximum Gasteiger partial charge on any atom is 0.416 e. The van der Waals surface area contributed by atoms with Crippen molar-refractivity contribution >= 4 is 5.91 Å². The average molecular weight is 348 g/mol. The molecule has 8 heteroatoms. The first-order chi connectivity index (χ1) is 11.3. The van der Waals surface area contributed by atoms with Gasteiger partial charge in [-0.1, -0.05) is 0 Å². The number of hydrogen-bond acceptors (Lipinski definition) is 3. The SMILES string of the molecule is NCCCOC1CCN(C(=O)c2cc(C(F)(F)F)ccc2F)CC1. The van der Waals surface area contributed by atoms with Crippen molar-refractivity contribution in [1.29, 1.82) is 0 Å². The van der Waals surface area contributed by atoms with E-state index in [0.717, 1.165) is 6.42 Å². The van der Waals surface area contributed by atoms with Crippen LogP contribution in [0.25, 0.3) is 0 Å². The lowest BCUT2D eigenvalue weighted by Gasteiger charge is -2.32. The summed E-state index contributed by atoms with van der Waals surface area (Å²) in [4.78, 5) is 13.7. The number of nitrogens with two attached hydrogens (primary N) is 1. The Morgan fingerprint density at radius 1 is 1.29 bits per heavy atom. The Hall–Kier alpha value is -1.67. The number of amides is 1. The third kappa shape index (κ3) is 4.67. The predicted molar refractivity (Wildman–Crippen MR) is 80.0 cm³/mol. The summed E-state index contributed by atoms with van der Waals surface area (Å²) < 4.78 is 57.6. The van der Waals surface area contributed by atoms with Gasteiger partial charge < -0.3 is 15.4 Å². The highest BCUT2D eigenvalue weighted by atomic mass is 19.4. The number of carbonyl (C=O) groups excluding carboxylic acids is 1. The molecule has 1 fully saturated rings. The molecule has 1 heterocycles. The summed E-state index contributed by atoms with van der Waals surface area (Å²) in [5.74, 6) is -1.67. The zero-order valence-electron chi connectivity index (χ0n) is 13.1. The normalized spacial score (nSPS) is 16.5. The molecule has 0 spiro atoms. The van der Waals surface area contributed by atoms with Gasteiger partial charge in [-0.25, -0.2) is 4.39 Å². The number of halogens is 4. The third-order valence-corrected chi connectivity index (χ3v) is 3.96. The maximum atomic E-state index is 13.8. The molecular formula is C16H20F4N2O2. The highest BCUT2D eigenvalue weighted by Crippen LogP contribution is 2.31. The number of piperidine rings is 1. The monoisotopic (exact) mass is 348 g/mol. The van der Waals surface area contributed by atoms with Crippen LogP contribution in [-0.2, 0) is 10.9 Å². The first kappa shape index (κ1) is 18.7. The molecule has 1 amide bonds. The van der Waals surface area contributed by atoms with Gasteiger partial charge in [0.2, 0.25) is 0 Å². The summed E-state index contributed by atoms with van der Waals surface area (Å²) in [6.07, 6.45) is -2.75. The minimum absolute atomic E-state index is 0.00745. The fraction of sp³-hybridized carbons (Fsp3) is 0.562. The molecule has 0 saturated carbocycles. The number of ether oxygens (including phenoxy) is 1. The largest absolute Gasteiger partial charge is 0.416 e. The summed E-state index contributed by atoms with van der Waals surface area (Å²) in [5.41, 5.74) is 3.80. The predicted octanol–water partition coefficient (Wildman–Crippen LogP) is 2.81. The number of alkyl halides is 3. The Labute approximate surface area is 137 Å². The molecule has 1 aromatic carbocycles. The van der Waals surface area contributed by atoms with Gasteiger partial charge >= 0.3 is 6.18 Å². The zero-order valence-corrected chi connectivity index (χ0v) is 13.1. The fourth-order valence-electron chi connectivity index (χ4n) is 2.59. The number of likely N-dealkylation sites (tertiary alicyclic amines) is 1. The van der Waals surface area contributed by atoms with Gasteiger partial charge in [0.25, 0.3) is 5.91 Å². The molecule has 1 aromatic rings. The third-order valence-electron chi connectivity index (χ3n) is 3.96. The molecule has 0 aromatic heterocycles. The van der Waals surface area contributed by atoms with Crippen LogP contribution in [0.3, 0.4) is 0 Å². The minimum Gasteiger partial charge on any atom is -0.378 e. The Bertz CT molecular complexity index is 570. The van der Waals surface area contributed by atoms with Gasteiger partial charge in [0, 0.05) is 19.7 Å². The highest BCUT2D eigenvalue weighted by Gasteiger charge is 2.33. The molecule has 0 radical (unpaired) electrons. The first-order valence-corrected chi connectivity index (χ1v) is 7.80. The summed E-state index contributed by atoms with van der Waals surface area (Å²) in [6, 6.07) is 1.88. The van der Waals surface area contributed by atoms with Crippen LogP contribution >= 0.6 is 0 Å². The molecule has 24 heavy (non-hydrogen) atoms. The number of nitrogens with zero attached hydrogens (tertiary/aromatic N) is 1. The van der Waals surface area contributed by atoms with Crippen molar-refractivity contribution in [3.63, 3.8) is 0 Å². The molecule has 1 aliphatic rings. The molecular weight excluding hydrogens is 328 g/mol. The van der Waals surface area contributed by atoms with E-state index < -0.39 is 29.0 Å². The fourth-order valence-corrected chi connectivity index (χ4v) is 2.59. The van der Waals surface area contributed by atoms with Crippen molar-refractivity contribution in [3.8, 4) is 0 Å². The van der Waals surface area contributed by atoms with Crippen LogP contribution in [-0.4, -0.2) is 43.2 Å². The van der Waals surface area contributed by atoms with Crippen LogP contribution in [0.2, 0.25) is 0 Å². The summed E-state index contributed by atoms with van der Waals surface area (Å²) in [5, 5.41) is 0. The van der Waals surface area contributed by atoms with Gasteiger partial charge in [0.15, 0.2) is 0 Å². The Kier molecular flexibility index (Phi) is 6.17. The lowest BCUT2D eigenvalue weighted by Crippen LogP contribution is -2.41. The molecule has 2 N–H and O–H groups in total. The molecule has 0 aliphatic carbocycles. The van der Waals surface area contributed by atoms with Crippen molar-refractivity contribution in [3.05, 3.63) is 35.1 Å². The standard InChI is InChI=1S/C16H20F4N2O2/c17-14-3-2-11(16(18,19)20)10-13(14)15(23)22-7-4-12(5-8-22)24-9-1-6-21/h2-3,10,12H,1,4-9,21H2. The van der Waals surface area contributed by atoms with E-state index in [1.165, 1.54) is 4.90 Å². The summed E-state index contributed by atoms with van der Waals surface area (Å²) in [7, 11) is 0. The average Bonchev–Trinajstić information content (AvgIpc) is 2.54. The molecule has 4 nitrogen and oxygen atoms in total. The van der Waals surface area contributed by atoms with Crippen molar-refractivity contribution in [2.24, 2.45) is 5.73 Å². The molecule has 134 valence electrons. The summed E-state index contributed by atoms with van der Waals surface area (Å²) >= 11 is 0. The van der Waals surface area contributed by atoms with Crippen molar-refractivity contribution < 1.29 is 27.1 Å². The van der Waals surface area contributed by atoms with E-state index in [1.54, 1.807) is 0 Å². The van der Waals surface area contributed by atoms with Crippen molar-refractivity contribution in [1.82, 2.24) is 4.90 Å². The van der Waals surface area contributed by atoms with Gasteiger partial charge in [-0.15, -0.1) is 0 Å². The van der Waals surface area contributed by atoms with Gasteiger partial charge in [-0.2, -0.15) is 13.2 Å². The second-order valence-electron chi connectivity index (χ2n) is 5.70. The van der Waals surface area contributed by atoms with Gasteiger partial charge in [-0.3, -0.25) is 4.79 Å². The number of benzene rings is 1. The van der Waals surface area contributed by atoms with Crippen LogP contribution in [0, 0.1) is 5.82 Å². The van der Waals surface area contributed by atoms with E-state index in [9.17, 15) is 22.4 Å². The smallest absolute Gasteiger partial charge is 0.378 e. The Morgan fingerprint density at radius 3 is 2.54 bits per heavy atom. The highest BCUT2D eigenvalue weighted by molar-refractivity contribution is 5.94. The minimum atomic E-state index is -4.62. The second-order valence-corrected chi connectivity index (χ2v) is 5.70. The van der Waals surface area contributed by atoms with Crippen molar-refractivity contribution in [2.75, 3.05) is 26.2 Å². The maximum absolute atomic E-state index is 13.8. The zero-order chi connectivity index (χ0) is 17.7. The second kappa shape index (κ2) is 7.94. The van der Waals surface area contributed by atoms with Crippen LogP contribution in [0.5, 0.6) is 0 Å². The molecule has 0 bridgehead atoms. The van der Waals surface area contributed by atoms with E-state index in [1.807, 2.05) is 0 Å². The Morgan fingerprint density at radius 2 is 1.96 bits per heavy atom. The van der Waals surface area contributed by atoms with Crippen LogP contribution in [0.4, 0.5) is 17.6 Å². The number of rotatable bonds is 5. The topological polar surface area (TPSA) is 55.6 Å². The van der Waals surface area contributed by atoms with E-state index >= 15 is 0 Å². The van der Waals surface area contributed by atoms with Crippen molar-refractivity contribution in [2.45, 2.75) is 31.5 Å². The van der Waals surface area contributed by atoms with Crippen LogP contribution < -0.4 is 5.73 Å². The lowest BCUT2D eigenvalue weighted by atomic mass is 10.0. The van der Waals surface area contributed by atoms with E-state index in [2.05, 4.69) is 0 Å². The number of carbonyl (C=O) groups is 1. The van der Waals surface area contributed by atoms with E-state index in [0.29, 0.717) is 57.3 Å². The van der Waals surface area contributed by atoms with Gasteiger partial charge in [0.1, 0.15) is 5.82 Å². The number of hydrogen-bond donors (Lipinski definition) is 1. The quantitative estimate of drug-likeness (QED) is 0.658. The molecule has 1 aliphatic heterocycles. The van der Waals surface area contributed by atoms with E-state index in [-0.39, 0.29) is 6.10 Å². The summed E-state index contributed by atoms with van der Waals surface area (Å²) in [6.45, 7) is 1.72. The van der Waals surface area contributed by atoms with E-state index in [4.69, 9.17) is 10.5 Å². The Balaban J connectivity index is 2.00. The molecule has 2 rings (SSSR count). The van der Waals surface area contributed by atoms with Gasteiger partial charge in [0.05, 0.1) is 17.2 Å². The lowest BCUT2D eigenvalue weighted by molar-refractivity contribution is -0.137.